The Morgan fingerprint density at radius 3 is 2.26 bits per heavy atom. The number of benzene rings is 2. The third kappa shape index (κ3) is 7.05. The van der Waals surface area contributed by atoms with Crippen molar-refractivity contribution in [3.05, 3.63) is 58.7 Å². The summed E-state index contributed by atoms with van der Waals surface area (Å²) in [6, 6.07) is 8.89. The molecule has 3 rings (SSSR count). The zero-order valence-corrected chi connectivity index (χ0v) is 21.0. The number of para-hydroxylation sites is 1. The molecule has 0 aromatic heterocycles. The van der Waals surface area contributed by atoms with Crippen LogP contribution in [0.15, 0.2) is 41.3 Å². The van der Waals surface area contributed by atoms with Crippen molar-refractivity contribution in [1.29, 1.82) is 0 Å². The van der Waals surface area contributed by atoms with Crippen LogP contribution in [0.1, 0.15) is 59.2 Å². The van der Waals surface area contributed by atoms with Gasteiger partial charge in [-0.05, 0) is 56.9 Å². The van der Waals surface area contributed by atoms with Crippen LogP contribution in [0.4, 0.5) is 10.5 Å². The fourth-order valence-corrected chi connectivity index (χ4v) is 5.91. The van der Waals surface area contributed by atoms with Gasteiger partial charge in [-0.2, -0.15) is 0 Å². The number of rotatable bonds is 7. The topological polar surface area (TPSA) is 131 Å². The Balaban J connectivity index is 1.63. The van der Waals surface area contributed by atoms with E-state index in [4.69, 9.17) is 4.74 Å². The molecule has 0 bridgehead atoms. The van der Waals surface area contributed by atoms with Gasteiger partial charge in [-0.25, -0.2) is 18.0 Å². The Kier molecular flexibility index (Phi) is 8.50. The molecule has 0 atom stereocenters. The number of ether oxygens (including phenoxy) is 1. The molecule has 3 amide bonds. The molecular weight excluding hydrogens is 470 g/mol. The van der Waals surface area contributed by atoms with Crippen molar-refractivity contribution in [3.8, 4) is 0 Å². The van der Waals surface area contributed by atoms with E-state index in [1.165, 1.54) is 12.1 Å². The minimum Gasteiger partial charge on any atom is -0.452 e. The maximum Gasteiger partial charge on any atom is 0.340 e. The third-order valence-corrected chi connectivity index (χ3v) is 7.46. The Hall–Kier alpha value is -3.40. The minimum absolute atomic E-state index is 0.0207. The lowest BCUT2D eigenvalue weighted by Crippen LogP contribution is -2.46. The number of carbonyl (C=O) groups excluding carboxylic acids is 3. The Morgan fingerprint density at radius 1 is 0.971 bits per heavy atom. The van der Waals surface area contributed by atoms with Crippen molar-refractivity contribution in [2.45, 2.75) is 63.8 Å². The summed E-state index contributed by atoms with van der Waals surface area (Å²) in [5, 5.41) is 4.89. The average molecular weight is 502 g/mol. The summed E-state index contributed by atoms with van der Waals surface area (Å²) in [6.45, 7) is 4.61. The summed E-state index contributed by atoms with van der Waals surface area (Å²) in [7, 11) is -4.00. The normalized spacial score (nSPS) is 14.1. The van der Waals surface area contributed by atoms with Crippen molar-refractivity contribution >= 4 is 33.6 Å². The number of anilines is 1. The van der Waals surface area contributed by atoms with E-state index in [9.17, 15) is 22.8 Å². The number of nitrogens with one attached hydrogen (secondary N) is 3. The van der Waals surface area contributed by atoms with Crippen LogP contribution in [0.25, 0.3) is 0 Å². The highest BCUT2D eigenvalue weighted by Gasteiger charge is 2.24. The van der Waals surface area contributed by atoms with E-state index in [1.807, 2.05) is 6.92 Å². The molecule has 2 aromatic rings. The first kappa shape index (κ1) is 26.2. The molecule has 35 heavy (non-hydrogen) atoms. The minimum atomic E-state index is -4.00. The van der Waals surface area contributed by atoms with Crippen LogP contribution < -0.4 is 15.4 Å². The van der Waals surface area contributed by atoms with E-state index in [1.54, 1.807) is 38.1 Å². The third-order valence-electron chi connectivity index (χ3n) is 5.79. The standard InChI is InChI=1S/C25H31N3O6S/c1-16-13-17(2)23(18(3)14-16)35(32,33)28-21-12-8-7-11-20(21)24(30)34-15-22(29)27-25(31)26-19-9-5-4-6-10-19/h7-8,11-14,19,28H,4-6,9-10,15H2,1-3H3,(H2,26,27,29,31). The molecule has 0 aliphatic heterocycles. The number of aryl methyl sites for hydroxylation is 3. The first-order chi connectivity index (χ1) is 16.6. The van der Waals surface area contributed by atoms with Crippen LogP contribution in [0.3, 0.4) is 0 Å². The number of carbonyl (C=O) groups is 3. The van der Waals surface area contributed by atoms with Crippen LogP contribution in [-0.4, -0.2) is 39.0 Å². The van der Waals surface area contributed by atoms with Gasteiger partial charge < -0.3 is 10.1 Å². The highest BCUT2D eigenvalue weighted by molar-refractivity contribution is 7.92. The molecule has 1 fully saturated rings. The van der Waals surface area contributed by atoms with Crippen molar-refractivity contribution in [1.82, 2.24) is 10.6 Å². The van der Waals surface area contributed by atoms with Crippen LogP contribution in [0.2, 0.25) is 0 Å². The maximum atomic E-state index is 13.1. The molecular formula is C25H31N3O6S. The lowest BCUT2D eigenvalue weighted by atomic mass is 9.96. The highest BCUT2D eigenvalue weighted by atomic mass is 32.2. The quantitative estimate of drug-likeness (QED) is 0.496. The lowest BCUT2D eigenvalue weighted by molar-refractivity contribution is -0.123. The van der Waals surface area contributed by atoms with Crippen molar-refractivity contribution in [2.24, 2.45) is 0 Å². The SMILES string of the molecule is Cc1cc(C)c(S(=O)(=O)Nc2ccccc2C(=O)OCC(=O)NC(=O)NC2CCCCC2)c(C)c1. The first-order valence-electron chi connectivity index (χ1n) is 11.5. The summed E-state index contributed by atoms with van der Waals surface area (Å²) in [6.07, 6.45) is 4.93. The largest absolute Gasteiger partial charge is 0.452 e. The zero-order chi connectivity index (χ0) is 25.6. The Bertz CT molecular complexity index is 1200. The van der Waals surface area contributed by atoms with E-state index in [2.05, 4.69) is 15.4 Å². The van der Waals surface area contributed by atoms with Crippen molar-refractivity contribution in [2.75, 3.05) is 11.3 Å². The van der Waals surface area contributed by atoms with Gasteiger partial charge in [0.1, 0.15) is 0 Å². The number of imide groups is 1. The number of urea groups is 1. The number of hydrogen-bond acceptors (Lipinski definition) is 6. The Labute approximate surface area is 205 Å². The van der Waals surface area contributed by atoms with E-state index in [0.717, 1.165) is 37.7 Å². The summed E-state index contributed by atoms with van der Waals surface area (Å²) < 4.78 is 33.7. The fourth-order valence-electron chi connectivity index (χ4n) is 4.38. The van der Waals surface area contributed by atoms with E-state index in [-0.39, 0.29) is 22.2 Å². The summed E-state index contributed by atoms with van der Waals surface area (Å²) in [5.74, 6) is -1.68. The number of amides is 3. The smallest absolute Gasteiger partial charge is 0.340 e. The fraction of sp³-hybridized carbons (Fsp3) is 0.400. The van der Waals surface area contributed by atoms with E-state index >= 15 is 0 Å². The van der Waals surface area contributed by atoms with Gasteiger partial charge in [0.25, 0.3) is 15.9 Å². The van der Waals surface area contributed by atoms with Crippen LogP contribution in [0.5, 0.6) is 0 Å². The van der Waals surface area contributed by atoms with Crippen LogP contribution >= 0.6 is 0 Å². The number of hydrogen-bond donors (Lipinski definition) is 3. The van der Waals surface area contributed by atoms with Gasteiger partial charge >= 0.3 is 12.0 Å². The van der Waals surface area contributed by atoms with Gasteiger partial charge in [-0.1, -0.05) is 49.1 Å². The average Bonchev–Trinajstić information content (AvgIpc) is 2.77. The molecule has 1 aliphatic carbocycles. The zero-order valence-electron chi connectivity index (χ0n) is 20.1. The van der Waals surface area contributed by atoms with Gasteiger partial charge in [0.15, 0.2) is 6.61 Å². The predicted molar refractivity (Wildman–Crippen MR) is 132 cm³/mol. The molecule has 0 spiro atoms. The van der Waals surface area contributed by atoms with Crippen molar-refractivity contribution in [3.63, 3.8) is 0 Å². The second-order valence-electron chi connectivity index (χ2n) is 8.81. The molecule has 9 nitrogen and oxygen atoms in total. The van der Waals surface area contributed by atoms with Gasteiger partial charge in [0, 0.05) is 6.04 Å². The molecule has 1 saturated carbocycles. The molecule has 0 saturated heterocycles. The molecule has 0 heterocycles. The molecule has 3 N–H and O–H groups in total. The van der Waals surface area contributed by atoms with Crippen molar-refractivity contribution < 1.29 is 27.5 Å². The first-order valence-corrected chi connectivity index (χ1v) is 13.0. The van der Waals surface area contributed by atoms with Crippen LogP contribution in [-0.2, 0) is 19.6 Å². The molecule has 0 unspecified atom stereocenters. The summed E-state index contributed by atoms with van der Waals surface area (Å²) >= 11 is 0. The number of sulfonamides is 1. The van der Waals surface area contributed by atoms with Gasteiger partial charge in [0.2, 0.25) is 0 Å². The monoisotopic (exact) mass is 501 g/mol. The second-order valence-corrected chi connectivity index (χ2v) is 10.4. The maximum absolute atomic E-state index is 13.1. The number of esters is 1. The molecule has 0 radical (unpaired) electrons. The molecule has 1 aliphatic rings. The molecule has 188 valence electrons. The molecule has 10 heteroatoms. The van der Waals surface area contributed by atoms with Gasteiger partial charge in [-0.15, -0.1) is 0 Å². The van der Waals surface area contributed by atoms with Gasteiger partial charge in [0.05, 0.1) is 16.1 Å². The lowest BCUT2D eigenvalue weighted by Gasteiger charge is -2.22. The van der Waals surface area contributed by atoms with E-state index in [0.29, 0.717) is 11.1 Å². The molecule has 2 aromatic carbocycles. The summed E-state index contributed by atoms with van der Waals surface area (Å²) in [4.78, 5) is 36.8. The van der Waals surface area contributed by atoms with Crippen LogP contribution in [0, 0.1) is 20.8 Å². The highest BCUT2D eigenvalue weighted by Crippen LogP contribution is 2.26. The predicted octanol–water partition coefficient (Wildman–Crippen LogP) is 3.73. The van der Waals surface area contributed by atoms with E-state index < -0.39 is 34.5 Å². The Morgan fingerprint density at radius 2 is 1.60 bits per heavy atom. The second kappa shape index (κ2) is 11.4. The summed E-state index contributed by atoms with van der Waals surface area (Å²) in [5.41, 5.74) is 2.07. The van der Waals surface area contributed by atoms with Gasteiger partial charge in [-0.3, -0.25) is 14.8 Å².